The molecule has 3 unspecified atom stereocenters. The predicted octanol–water partition coefficient (Wildman–Crippen LogP) is 6.06. The van der Waals surface area contributed by atoms with Gasteiger partial charge in [0.15, 0.2) is 0 Å². The molecular weight excluding hydrogens is 216 g/mol. The number of rotatable bonds is 8. The normalized spacial score (nSPS) is 35.8. The number of unbranched alkanes of at least 4 members (excludes halogenated alkanes) is 2. The van der Waals surface area contributed by atoms with Crippen LogP contribution in [-0.4, -0.2) is 0 Å². The third-order valence-corrected chi connectivity index (χ3v) is 6.09. The highest BCUT2D eigenvalue weighted by molar-refractivity contribution is 5.06. The zero-order chi connectivity index (χ0) is 13.2. The van der Waals surface area contributed by atoms with Crippen molar-refractivity contribution < 1.29 is 0 Å². The van der Waals surface area contributed by atoms with E-state index in [9.17, 15) is 0 Å². The zero-order valence-electron chi connectivity index (χ0n) is 13.2. The van der Waals surface area contributed by atoms with Crippen molar-refractivity contribution >= 4 is 0 Å². The van der Waals surface area contributed by atoms with E-state index in [1.54, 1.807) is 19.3 Å². The summed E-state index contributed by atoms with van der Waals surface area (Å²) in [5.74, 6) is 4.24. The van der Waals surface area contributed by atoms with E-state index < -0.39 is 0 Å². The Hall–Kier alpha value is 0. The predicted molar refractivity (Wildman–Crippen MR) is 80.6 cm³/mol. The minimum atomic E-state index is 0.735. The summed E-state index contributed by atoms with van der Waals surface area (Å²) in [6.45, 7) is 9.72. The van der Waals surface area contributed by atoms with Crippen LogP contribution >= 0.6 is 0 Å². The molecule has 106 valence electrons. The number of hydrogen-bond donors (Lipinski definition) is 0. The van der Waals surface area contributed by atoms with Crippen LogP contribution in [0.1, 0.15) is 85.5 Å². The second-order valence-electron chi connectivity index (χ2n) is 7.45. The zero-order valence-corrected chi connectivity index (χ0v) is 13.2. The average Bonchev–Trinajstić information content (AvgIpc) is 3.13. The van der Waals surface area contributed by atoms with Crippen LogP contribution in [0.4, 0.5) is 0 Å². The molecule has 0 saturated heterocycles. The molecule has 0 aromatic rings. The molecule has 3 atom stereocenters. The van der Waals surface area contributed by atoms with Gasteiger partial charge in [-0.25, -0.2) is 0 Å². The van der Waals surface area contributed by atoms with Crippen molar-refractivity contribution in [2.75, 3.05) is 0 Å². The van der Waals surface area contributed by atoms with Crippen LogP contribution in [-0.2, 0) is 0 Å². The van der Waals surface area contributed by atoms with Gasteiger partial charge < -0.3 is 0 Å². The van der Waals surface area contributed by atoms with Gasteiger partial charge in [0.1, 0.15) is 0 Å². The molecule has 0 N–H and O–H groups in total. The van der Waals surface area contributed by atoms with Crippen LogP contribution in [0.15, 0.2) is 0 Å². The molecule has 0 bridgehead atoms. The summed E-state index contributed by atoms with van der Waals surface area (Å²) in [4.78, 5) is 0. The standard InChI is InChI=1S/C18H34/c1-5-7-8-12-18(14(3)4)13-16(15-10-11-15)17(18)9-6-2/h14-17H,5-13H2,1-4H3. The highest BCUT2D eigenvalue weighted by atomic mass is 14.6. The average molecular weight is 250 g/mol. The summed E-state index contributed by atoms with van der Waals surface area (Å²) in [6.07, 6.45) is 13.4. The van der Waals surface area contributed by atoms with E-state index in [-0.39, 0.29) is 0 Å². The molecule has 2 aliphatic rings. The largest absolute Gasteiger partial charge is 0.0654 e. The minimum absolute atomic E-state index is 0.735. The maximum atomic E-state index is 2.50. The van der Waals surface area contributed by atoms with E-state index in [1.807, 2.05) is 0 Å². The molecule has 0 aromatic heterocycles. The molecule has 2 rings (SSSR count). The van der Waals surface area contributed by atoms with Gasteiger partial charge in [0, 0.05) is 0 Å². The molecule has 2 saturated carbocycles. The first kappa shape index (κ1) is 14.4. The fourth-order valence-electron chi connectivity index (χ4n) is 4.77. The maximum absolute atomic E-state index is 2.50. The second-order valence-corrected chi connectivity index (χ2v) is 7.45. The summed E-state index contributed by atoms with van der Waals surface area (Å²) in [6, 6.07) is 0. The molecule has 0 heteroatoms. The van der Waals surface area contributed by atoms with Gasteiger partial charge in [-0.2, -0.15) is 0 Å². The Labute approximate surface area is 115 Å². The Kier molecular flexibility index (Phi) is 4.78. The Morgan fingerprint density at radius 2 is 1.78 bits per heavy atom. The molecule has 0 radical (unpaired) electrons. The minimum Gasteiger partial charge on any atom is -0.0654 e. The van der Waals surface area contributed by atoms with E-state index >= 15 is 0 Å². The van der Waals surface area contributed by atoms with Crippen LogP contribution in [0.5, 0.6) is 0 Å². The Bertz CT molecular complexity index is 251. The fraction of sp³-hybridized carbons (Fsp3) is 1.00. The van der Waals surface area contributed by atoms with E-state index in [0.717, 1.165) is 29.1 Å². The molecule has 0 aliphatic heterocycles. The molecule has 2 fully saturated rings. The first-order valence-corrected chi connectivity index (χ1v) is 8.65. The van der Waals surface area contributed by atoms with Crippen molar-refractivity contribution in [3.8, 4) is 0 Å². The summed E-state index contributed by atoms with van der Waals surface area (Å²) >= 11 is 0. The molecule has 0 nitrogen and oxygen atoms in total. The van der Waals surface area contributed by atoms with E-state index in [4.69, 9.17) is 0 Å². The highest BCUT2D eigenvalue weighted by Gasteiger charge is 2.57. The topological polar surface area (TPSA) is 0 Å². The van der Waals surface area contributed by atoms with Crippen LogP contribution in [0, 0.1) is 29.1 Å². The Morgan fingerprint density at radius 1 is 1.06 bits per heavy atom. The Balaban J connectivity index is 1.99. The van der Waals surface area contributed by atoms with Crippen molar-refractivity contribution in [3.05, 3.63) is 0 Å². The quantitative estimate of drug-likeness (QED) is 0.460. The van der Waals surface area contributed by atoms with E-state index in [1.165, 1.54) is 38.5 Å². The van der Waals surface area contributed by atoms with Gasteiger partial charge >= 0.3 is 0 Å². The van der Waals surface area contributed by atoms with Gasteiger partial charge in [-0.15, -0.1) is 0 Å². The van der Waals surface area contributed by atoms with Gasteiger partial charge in [0.25, 0.3) is 0 Å². The lowest BCUT2D eigenvalue weighted by atomic mass is 9.45. The monoisotopic (exact) mass is 250 g/mol. The molecule has 0 spiro atoms. The second kappa shape index (κ2) is 5.97. The lowest BCUT2D eigenvalue weighted by Gasteiger charge is -2.59. The van der Waals surface area contributed by atoms with Crippen molar-refractivity contribution in [1.82, 2.24) is 0 Å². The first-order chi connectivity index (χ1) is 8.65. The summed E-state index contributed by atoms with van der Waals surface area (Å²) in [5, 5.41) is 0. The van der Waals surface area contributed by atoms with Crippen molar-refractivity contribution in [2.24, 2.45) is 29.1 Å². The highest BCUT2D eigenvalue weighted by Crippen LogP contribution is 2.65. The number of hydrogen-bond acceptors (Lipinski definition) is 0. The van der Waals surface area contributed by atoms with Gasteiger partial charge in [-0.1, -0.05) is 53.4 Å². The van der Waals surface area contributed by atoms with E-state index in [0.29, 0.717) is 0 Å². The molecule has 0 amide bonds. The van der Waals surface area contributed by atoms with Gasteiger partial charge in [-0.3, -0.25) is 0 Å². The molecular formula is C18H34. The molecule has 0 heterocycles. The van der Waals surface area contributed by atoms with Crippen molar-refractivity contribution in [3.63, 3.8) is 0 Å². The Morgan fingerprint density at radius 3 is 2.28 bits per heavy atom. The van der Waals surface area contributed by atoms with E-state index in [2.05, 4.69) is 27.7 Å². The van der Waals surface area contributed by atoms with Gasteiger partial charge in [0.2, 0.25) is 0 Å². The smallest absolute Gasteiger partial charge is 0.0241 e. The maximum Gasteiger partial charge on any atom is -0.0241 e. The molecule has 0 aromatic carbocycles. The first-order valence-electron chi connectivity index (χ1n) is 8.65. The van der Waals surface area contributed by atoms with Gasteiger partial charge in [0.05, 0.1) is 0 Å². The lowest BCUT2D eigenvalue weighted by molar-refractivity contribution is -0.103. The third kappa shape index (κ3) is 2.63. The molecule has 18 heavy (non-hydrogen) atoms. The summed E-state index contributed by atoms with van der Waals surface area (Å²) in [5.41, 5.74) is 0.735. The summed E-state index contributed by atoms with van der Waals surface area (Å²) in [7, 11) is 0. The lowest BCUT2D eigenvalue weighted by Crippen LogP contribution is -2.52. The molecule has 2 aliphatic carbocycles. The summed E-state index contributed by atoms with van der Waals surface area (Å²) < 4.78 is 0. The van der Waals surface area contributed by atoms with Crippen molar-refractivity contribution in [1.29, 1.82) is 0 Å². The SMILES string of the molecule is CCCCCC1(C(C)C)CC(C2CC2)C1CCC. The van der Waals surface area contributed by atoms with Crippen LogP contribution in [0.25, 0.3) is 0 Å². The van der Waals surface area contributed by atoms with Crippen LogP contribution < -0.4 is 0 Å². The fourth-order valence-corrected chi connectivity index (χ4v) is 4.77. The third-order valence-electron chi connectivity index (χ3n) is 6.09. The van der Waals surface area contributed by atoms with Crippen LogP contribution in [0.2, 0.25) is 0 Å². The van der Waals surface area contributed by atoms with Crippen molar-refractivity contribution in [2.45, 2.75) is 85.5 Å². The van der Waals surface area contributed by atoms with Crippen LogP contribution in [0.3, 0.4) is 0 Å². The van der Waals surface area contributed by atoms with Gasteiger partial charge in [-0.05, 0) is 61.2 Å².